The van der Waals surface area contributed by atoms with E-state index in [1.165, 1.54) is 0 Å². The number of amides is 1. The first-order valence-corrected chi connectivity index (χ1v) is 7.70. The van der Waals surface area contributed by atoms with Gasteiger partial charge in [0, 0.05) is 31.7 Å². The normalized spacial score (nSPS) is 13.3. The van der Waals surface area contributed by atoms with E-state index in [4.69, 9.17) is 0 Å². The van der Waals surface area contributed by atoms with Gasteiger partial charge < -0.3 is 16.0 Å². The number of rotatable bonds is 6. The van der Waals surface area contributed by atoms with Crippen molar-refractivity contribution in [2.24, 2.45) is 4.99 Å². The maximum atomic E-state index is 12.5. The van der Waals surface area contributed by atoms with Crippen LogP contribution in [0.1, 0.15) is 36.2 Å². The van der Waals surface area contributed by atoms with Gasteiger partial charge in [0.05, 0.1) is 5.56 Å². The van der Waals surface area contributed by atoms with E-state index in [9.17, 15) is 18.0 Å². The smallest absolute Gasteiger partial charge is 0.355 e. The molecule has 0 heterocycles. The average molecular weight is 344 g/mol. The van der Waals surface area contributed by atoms with E-state index in [-0.39, 0.29) is 11.6 Å². The third kappa shape index (κ3) is 6.47. The maximum Gasteiger partial charge on any atom is 0.416 e. The lowest BCUT2D eigenvalue weighted by atomic mass is 10.1. The van der Waals surface area contributed by atoms with E-state index in [2.05, 4.69) is 27.9 Å². The molecule has 0 radical (unpaired) electrons. The molecular weight excluding hydrogens is 321 g/mol. The molecule has 0 saturated carbocycles. The summed E-state index contributed by atoms with van der Waals surface area (Å²) in [5.41, 5.74) is -0.592. The molecular formula is C16H23F3N4O. The Balaban J connectivity index is 2.41. The first-order chi connectivity index (χ1) is 11.3. The second-order valence-electron chi connectivity index (χ2n) is 5.28. The Morgan fingerprint density at radius 2 is 1.75 bits per heavy atom. The van der Waals surface area contributed by atoms with Crippen LogP contribution in [0, 0.1) is 0 Å². The zero-order valence-electron chi connectivity index (χ0n) is 14.0. The molecule has 1 atom stereocenters. The summed E-state index contributed by atoms with van der Waals surface area (Å²) < 4.78 is 37.4. The van der Waals surface area contributed by atoms with Crippen LogP contribution in [0.3, 0.4) is 0 Å². The van der Waals surface area contributed by atoms with Gasteiger partial charge in [-0.1, -0.05) is 6.92 Å². The minimum absolute atomic E-state index is 0.185. The number of alkyl halides is 3. The minimum atomic E-state index is -4.41. The lowest BCUT2D eigenvalue weighted by molar-refractivity contribution is -0.137. The van der Waals surface area contributed by atoms with Crippen LogP contribution < -0.4 is 16.0 Å². The Labute approximate surface area is 139 Å². The van der Waals surface area contributed by atoms with E-state index < -0.39 is 17.6 Å². The molecule has 0 saturated heterocycles. The van der Waals surface area contributed by atoms with Gasteiger partial charge in [0.15, 0.2) is 5.96 Å². The molecule has 0 aliphatic carbocycles. The van der Waals surface area contributed by atoms with Crippen LogP contribution in [0.15, 0.2) is 29.3 Å². The third-order valence-corrected chi connectivity index (χ3v) is 3.40. The van der Waals surface area contributed by atoms with E-state index >= 15 is 0 Å². The van der Waals surface area contributed by atoms with Crippen LogP contribution in [0.2, 0.25) is 0 Å². The van der Waals surface area contributed by atoms with Gasteiger partial charge in [-0.3, -0.25) is 9.79 Å². The van der Waals surface area contributed by atoms with Crippen molar-refractivity contribution in [2.75, 3.05) is 20.1 Å². The van der Waals surface area contributed by atoms with Crippen molar-refractivity contribution in [3.8, 4) is 0 Å². The summed E-state index contributed by atoms with van der Waals surface area (Å²) in [5.74, 6) is 0.212. The molecule has 0 bridgehead atoms. The Kier molecular flexibility index (Phi) is 7.54. The molecule has 0 spiro atoms. The van der Waals surface area contributed by atoms with Crippen LogP contribution in [-0.2, 0) is 6.18 Å². The third-order valence-electron chi connectivity index (χ3n) is 3.40. The summed E-state index contributed by atoms with van der Waals surface area (Å²) >= 11 is 0. The number of halogens is 3. The molecule has 1 rings (SSSR count). The van der Waals surface area contributed by atoms with Gasteiger partial charge in [-0.05, 0) is 37.6 Å². The highest BCUT2D eigenvalue weighted by Crippen LogP contribution is 2.28. The number of carbonyl (C=O) groups excluding carboxylic acids is 1. The first-order valence-electron chi connectivity index (χ1n) is 7.70. The highest BCUT2D eigenvalue weighted by atomic mass is 19.4. The minimum Gasteiger partial charge on any atom is -0.355 e. The SMILES string of the molecule is CCC(C)NC(=NC)NCCNC(=O)c1ccc(C(F)(F)F)cc1. The monoisotopic (exact) mass is 344 g/mol. The molecule has 3 N–H and O–H groups in total. The van der Waals surface area contributed by atoms with Gasteiger partial charge in [0.25, 0.3) is 5.91 Å². The van der Waals surface area contributed by atoms with Crippen LogP contribution in [0.25, 0.3) is 0 Å². The highest BCUT2D eigenvalue weighted by molar-refractivity contribution is 5.94. The number of hydrogen-bond acceptors (Lipinski definition) is 2. The molecule has 0 aliphatic rings. The highest BCUT2D eigenvalue weighted by Gasteiger charge is 2.30. The molecule has 1 aromatic carbocycles. The number of guanidine groups is 1. The zero-order chi connectivity index (χ0) is 18.2. The summed E-state index contributed by atoms with van der Waals surface area (Å²) in [4.78, 5) is 15.9. The fourth-order valence-corrected chi connectivity index (χ4v) is 1.80. The lowest BCUT2D eigenvalue weighted by Crippen LogP contribution is -2.44. The van der Waals surface area contributed by atoms with E-state index in [1.807, 2.05) is 6.92 Å². The van der Waals surface area contributed by atoms with Gasteiger partial charge in [-0.2, -0.15) is 13.2 Å². The number of carbonyl (C=O) groups is 1. The topological polar surface area (TPSA) is 65.5 Å². The predicted molar refractivity (Wildman–Crippen MR) is 88.0 cm³/mol. The number of benzene rings is 1. The van der Waals surface area contributed by atoms with Gasteiger partial charge in [-0.25, -0.2) is 0 Å². The average Bonchev–Trinajstić information content (AvgIpc) is 2.56. The molecule has 134 valence electrons. The fraction of sp³-hybridized carbons (Fsp3) is 0.500. The van der Waals surface area contributed by atoms with Gasteiger partial charge in [-0.15, -0.1) is 0 Å². The summed E-state index contributed by atoms with van der Waals surface area (Å²) in [5, 5.41) is 8.86. The molecule has 8 heteroatoms. The van der Waals surface area contributed by atoms with E-state index in [0.717, 1.165) is 30.7 Å². The van der Waals surface area contributed by atoms with Crippen molar-refractivity contribution < 1.29 is 18.0 Å². The van der Waals surface area contributed by atoms with Crippen molar-refractivity contribution in [1.82, 2.24) is 16.0 Å². The Morgan fingerprint density at radius 3 is 2.25 bits per heavy atom. The van der Waals surface area contributed by atoms with Crippen molar-refractivity contribution in [1.29, 1.82) is 0 Å². The van der Waals surface area contributed by atoms with Gasteiger partial charge >= 0.3 is 6.18 Å². The van der Waals surface area contributed by atoms with E-state index in [1.54, 1.807) is 7.05 Å². The second-order valence-corrected chi connectivity index (χ2v) is 5.28. The van der Waals surface area contributed by atoms with Crippen molar-refractivity contribution in [2.45, 2.75) is 32.5 Å². The fourth-order valence-electron chi connectivity index (χ4n) is 1.80. The Morgan fingerprint density at radius 1 is 1.17 bits per heavy atom. The second kappa shape index (κ2) is 9.14. The van der Waals surface area contributed by atoms with Crippen molar-refractivity contribution in [3.05, 3.63) is 35.4 Å². The van der Waals surface area contributed by atoms with Gasteiger partial charge in [0.1, 0.15) is 0 Å². The Hall–Kier alpha value is -2.25. The number of aliphatic imine (C=N–C) groups is 1. The maximum absolute atomic E-state index is 12.5. The van der Waals surface area contributed by atoms with Crippen molar-refractivity contribution in [3.63, 3.8) is 0 Å². The zero-order valence-corrected chi connectivity index (χ0v) is 14.0. The summed E-state index contributed by atoms with van der Waals surface area (Å²) in [7, 11) is 1.65. The molecule has 1 amide bonds. The summed E-state index contributed by atoms with van der Waals surface area (Å²) in [6.45, 7) is 4.85. The number of hydrogen-bond donors (Lipinski definition) is 3. The van der Waals surface area contributed by atoms with Crippen LogP contribution in [0.4, 0.5) is 13.2 Å². The van der Waals surface area contributed by atoms with Crippen molar-refractivity contribution >= 4 is 11.9 Å². The molecule has 0 aromatic heterocycles. The van der Waals surface area contributed by atoms with E-state index in [0.29, 0.717) is 19.0 Å². The molecule has 1 aromatic rings. The van der Waals surface area contributed by atoms with Crippen LogP contribution >= 0.6 is 0 Å². The molecule has 1 unspecified atom stereocenters. The standard InChI is InChI=1S/C16H23F3N4O/c1-4-11(2)23-15(20-3)22-10-9-21-14(24)12-5-7-13(8-6-12)16(17,18)19/h5-8,11H,4,9-10H2,1-3H3,(H,21,24)(H2,20,22,23). The lowest BCUT2D eigenvalue weighted by Gasteiger charge is -2.16. The molecule has 0 fully saturated rings. The predicted octanol–water partition coefficient (Wildman–Crippen LogP) is 2.40. The Bertz CT molecular complexity index is 555. The summed E-state index contributed by atoms with van der Waals surface area (Å²) in [6.07, 6.45) is -3.46. The van der Waals surface area contributed by atoms with Gasteiger partial charge in [0.2, 0.25) is 0 Å². The van der Waals surface area contributed by atoms with Crippen LogP contribution in [0.5, 0.6) is 0 Å². The molecule has 24 heavy (non-hydrogen) atoms. The first kappa shape index (κ1) is 19.8. The number of nitrogens with zero attached hydrogens (tertiary/aromatic N) is 1. The molecule has 5 nitrogen and oxygen atoms in total. The largest absolute Gasteiger partial charge is 0.416 e. The number of nitrogens with one attached hydrogen (secondary N) is 3. The quantitative estimate of drug-likeness (QED) is 0.422. The summed E-state index contributed by atoms with van der Waals surface area (Å²) in [6, 6.07) is 4.39. The molecule has 0 aliphatic heterocycles. The van der Waals surface area contributed by atoms with Crippen LogP contribution in [-0.4, -0.2) is 38.0 Å².